The van der Waals surface area contributed by atoms with E-state index >= 15 is 0 Å². The molecular weight excluding hydrogens is 277 g/mol. The second-order valence-corrected chi connectivity index (χ2v) is 5.32. The third-order valence-electron chi connectivity index (χ3n) is 2.29. The Balaban J connectivity index is 2.12. The van der Waals surface area contributed by atoms with Crippen LogP contribution in [0.1, 0.15) is 0 Å². The molecule has 0 saturated heterocycles. The van der Waals surface area contributed by atoms with Crippen molar-refractivity contribution in [2.24, 2.45) is 0 Å². The molecule has 0 saturated carbocycles. The molecule has 0 bridgehead atoms. The summed E-state index contributed by atoms with van der Waals surface area (Å²) in [7, 11) is -4.21. The number of fused-ring (bicyclic) bond motifs is 1. The minimum atomic E-state index is -4.21. The zero-order valence-corrected chi connectivity index (χ0v) is 10.6. The lowest BCUT2D eigenvalue weighted by Crippen LogP contribution is -2.26. The number of H-pyrrole nitrogens is 1. The van der Waals surface area contributed by atoms with Crippen molar-refractivity contribution in [1.29, 1.82) is 0 Å². The molecule has 2 aromatic heterocycles. The maximum atomic E-state index is 12.0. The van der Waals surface area contributed by atoms with Crippen LogP contribution in [-0.4, -0.2) is 42.3 Å². The number of nitrogens with zero attached hydrogens (tertiary/aromatic N) is 3. The number of nitrogens with one attached hydrogen (secondary N) is 1. The maximum absolute atomic E-state index is 12.0. The minimum absolute atomic E-state index is 0.0344. The van der Waals surface area contributed by atoms with Crippen molar-refractivity contribution in [1.82, 2.24) is 19.5 Å². The van der Waals surface area contributed by atoms with Gasteiger partial charge in [0, 0.05) is 0 Å². The van der Waals surface area contributed by atoms with Crippen LogP contribution in [0, 0.1) is 0 Å². The summed E-state index contributed by atoms with van der Waals surface area (Å²) in [5.74, 6) is -0.0376. The van der Waals surface area contributed by atoms with Crippen molar-refractivity contribution >= 4 is 24.7 Å². The second-order valence-electron chi connectivity index (χ2n) is 3.73. The highest BCUT2D eigenvalue weighted by molar-refractivity contribution is 7.51. The van der Waals surface area contributed by atoms with Gasteiger partial charge in [0.25, 0.3) is 5.56 Å². The Bertz CT molecular complexity index is 688. The number of rotatable bonds is 5. The molecule has 0 radical (unpaired) electrons. The van der Waals surface area contributed by atoms with E-state index < -0.39 is 19.5 Å². The molecule has 2 aromatic rings. The molecule has 0 amide bonds. The van der Waals surface area contributed by atoms with Gasteiger partial charge in [0.2, 0.25) is 5.95 Å². The van der Waals surface area contributed by atoms with E-state index in [1.807, 2.05) is 0 Å². The van der Waals surface area contributed by atoms with Crippen molar-refractivity contribution in [3.8, 4) is 0 Å². The monoisotopic (exact) mass is 289 g/mol. The molecule has 0 aliphatic heterocycles. The van der Waals surface area contributed by atoms with Gasteiger partial charge in [-0.15, -0.1) is 0 Å². The first-order valence-corrected chi connectivity index (χ1v) is 7.00. The molecule has 104 valence electrons. The van der Waals surface area contributed by atoms with Gasteiger partial charge in [-0.2, -0.15) is 4.98 Å². The van der Waals surface area contributed by atoms with Gasteiger partial charge in [-0.25, -0.2) is 4.98 Å². The summed E-state index contributed by atoms with van der Waals surface area (Å²) in [4.78, 5) is 39.5. The number of aromatic nitrogens is 4. The van der Waals surface area contributed by atoms with E-state index in [0.717, 1.165) is 4.57 Å². The number of aromatic amines is 1. The van der Waals surface area contributed by atoms with Gasteiger partial charge in [-0.1, -0.05) is 0 Å². The summed E-state index contributed by atoms with van der Waals surface area (Å²) in [6, 6.07) is 0. The maximum Gasteiger partial charge on any atom is 0.350 e. The van der Waals surface area contributed by atoms with E-state index in [0.29, 0.717) is 0 Å². The number of hydrogen-bond acceptors (Lipinski definition) is 6. The third-order valence-corrected chi connectivity index (χ3v) is 2.81. The topological polar surface area (TPSA) is 156 Å². The fraction of sp³-hybridized carbons (Fsp3) is 0.375. The minimum Gasteiger partial charge on any atom is -0.369 e. The van der Waals surface area contributed by atoms with E-state index in [4.69, 9.17) is 20.3 Å². The Morgan fingerprint density at radius 3 is 2.95 bits per heavy atom. The number of hydrogen-bond donors (Lipinski definition) is 4. The summed E-state index contributed by atoms with van der Waals surface area (Å²) < 4.78 is 16.5. The van der Waals surface area contributed by atoms with Crippen LogP contribution < -0.4 is 11.3 Å². The number of anilines is 1. The van der Waals surface area contributed by atoms with E-state index in [2.05, 4.69) is 15.0 Å². The lowest BCUT2D eigenvalue weighted by atomic mass is 10.5. The molecule has 0 atom stereocenters. The Labute approximate surface area is 106 Å². The second kappa shape index (κ2) is 5.10. The van der Waals surface area contributed by atoms with Gasteiger partial charge in [0.05, 0.1) is 19.5 Å². The molecule has 0 aromatic carbocycles. The van der Waals surface area contributed by atoms with E-state index in [-0.39, 0.29) is 30.3 Å². The Kier molecular flexibility index (Phi) is 3.67. The molecule has 0 unspecified atom stereocenters. The predicted octanol–water partition coefficient (Wildman–Crippen LogP) is -1.15. The first-order chi connectivity index (χ1) is 8.88. The average molecular weight is 289 g/mol. The van der Waals surface area contributed by atoms with Crippen LogP contribution in [0.4, 0.5) is 5.95 Å². The predicted molar refractivity (Wildman–Crippen MR) is 65.4 cm³/mol. The first kappa shape index (κ1) is 13.7. The van der Waals surface area contributed by atoms with Crippen LogP contribution in [0.15, 0.2) is 11.1 Å². The van der Waals surface area contributed by atoms with Crippen LogP contribution in [0.25, 0.3) is 11.2 Å². The quantitative estimate of drug-likeness (QED) is 0.397. The van der Waals surface area contributed by atoms with Gasteiger partial charge in [-0.3, -0.25) is 13.9 Å². The van der Waals surface area contributed by atoms with Crippen LogP contribution in [-0.2, 0) is 15.8 Å². The lowest BCUT2D eigenvalue weighted by molar-refractivity contribution is 0.148. The summed E-state index contributed by atoms with van der Waals surface area (Å²) >= 11 is 0. The lowest BCUT2D eigenvalue weighted by Gasteiger charge is -2.09. The Hall–Kier alpha value is -1.74. The molecule has 11 heteroatoms. The normalized spacial score (nSPS) is 12.1. The van der Waals surface area contributed by atoms with Crippen molar-refractivity contribution in [3.63, 3.8) is 0 Å². The van der Waals surface area contributed by atoms with Crippen LogP contribution >= 0.6 is 7.60 Å². The smallest absolute Gasteiger partial charge is 0.350 e. The SMILES string of the molecule is Nc1nc2nc[nH]c2c(=O)n1CCOCP(=O)(O)O. The highest BCUT2D eigenvalue weighted by Gasteiger charge is 2.14. The molecule has 2 heterocycles. The van der Waals surface area contributed by atoms with Gasteiger partial charge in [0.1, 0.15) is 6.35 Å². The highest BCUT2D eigenvalue weighted by Crippen LogP contribution is 2.33. The molecular formula is C8H12N5O5P. The molecule has 2 rings (SSSR count). The fourth-order valence-corrected chi connectivity index (χ4v) is 1.86. The van der Waals surface area contributed by atoms with E-state index in [1.165, 1.54) is 6.33 Å². The number of imidazole rings is 1. The molecule has 0 aliphatic carbocycles. The Morgan fingerprint density at radius 1 is 1.53 bits per heavy atom. The summed E-state index contributed by atoms with van der Waals surface area (Å²) in [5, 5.41) is 0. The van der Waals surface area contributed by atoms with Crippen LogP contribution in [0.3, 0.4) is 0 Å². The summed E-state index contributed by atoms with van der Waals surface area (Å²) in [5.41, 5.74) is 5.62. The fourth-order valence-electron chi connectivity index (χ4n) is 1.49. The van der Waals surface area contributed by atoms with Gasteiger partial charge < -0.3 is 25.2 Å². The molecule has 5 N–H and O–H groups in total. The van der Waals surface area contributed by atoms with Crippen molar-refractivity contribution in [2.75, 3.05) is 18.7 Å². The van der Waals surface area contributed by atoms with E-state index in [1.54, 1.807) is 0 Å². The van der Waals surface area contributed by atoms with Crippen molar-refractivity contribution < 1.29 is 19.1 Å². The largest absolute Gasteiger partial charge is 0.369 e. The highest BCUT2D eigenvalue weighted by atomic mass is 31.2. The summed E-state index contributed by atoms with van der Waals surface area (Å²) in [6.07, 6.45) is 0.620. The summed E-state index contributed by atoms with van der Waals surface area (Å²) in [6.45, 7) is -0.0385. The average Bonchev–Trinajstić information content (AvgIpc) is 2.74. The number of nitrogens with two attached hydrogens (primary N) is 1. The van der Waals surface area contributed by atoms with Gasteiger partial charge >= 0.3 is 7.60 Å². The molecule has 10 nitrogen and oxygen atoms in total. The van der Waals surface area contributed by atoms with E-state index in [9.17, 15) is 9.36 Å². The van der Waals surface area contributed by atoms with Gasteiger partial charge in [0.15, 0.2) is 11.2 Å². The molecule has 0 spiro atoms. The number of nitrogen functional groups attached to an aromatic ring is 1. The standard InChI is InChI=1S/C8H12N5O5P/c9-8-12-6-5(10-3-11-6)7(14)13(8)1-2-18-4-19(15,16)17/h3H,1-2,4H2,(H2,9,12)(H,10,11)(H2,15,16,17). The van der Waals surface area contributed by atoms with Crippen LogP contribution in [0.5, 0.6) is 0 Å². The van der Waals surface area contributed by atoms with Crippen LogP contribution in [0.2, 0.25) is 0 Å². The first-order valence-electron chi connectivity index (χ1n) is 5.20. The molecule has 0 aliphatic rings. The zero-order chi connectivity index (χ0) is 14.0. The van der Waals surface area contributed by atoms with Gasteiger partial charge in [-0.05, 0) is 0 Å². The Morgan fingerprint density at radius 2 is 2.26 bits per heavy atom. The number of ether oxygens (including phenoxy) is 1. The molecule has 19 heavy (non-hydrogen) atoms. The zero-order valence-electron chi connectivity index (χ0n) is 9.68. The third kappa shape index (κ3) is 3.18. The van der Waals surface area contributed by atoms with Crippen molar-refractivity contribution in [2.45, 2.75) is 6.54 Å². The molecule has 0 fully saturated rings. The van der Waals surface area contributed by atoms with Crippen molar-refractivity contribution in [3.05, 3.63) is 16.7 Å².